The molecule has 0 aromatic heterocycles. The Labute approximate surface area is 204 Å². The lowest BCUT2D eigenvalue weighted by atomic mass is 9.77. The van der Waals surface area contributed by atoms with E-state index in [1.165, 1.54) is 0 Å². The number of fused-ring (bicyclic) bond motifs is 2. The highest BCUT2D eigenvalue weighted by atomic mass is 35.5. The molecule has 34 heavy (non-hydrogen) atoms. The number of rotatable bonds is 7. The average molecular weight is 502 g/mol. The number of halogens is 1. The maximum Gasteiger partial charge on any atom is 0.249 e. The van der Waals surface area contributed by atoms with Gasteiger partial charge in [-0.25, -0.2) is 0 Å². The smallest absolute Gasteiger partial charge is 0.249 e. The van der Waals surface area contributed by atoms with E-state index < -0.39 is 60.3 Å². The fraction of sp³-hybridized carbons (Fsp3) is 0.739. The summed E-state index contributed by atoms with van der Waals surface area (Å²) in [6, 6.07) is 6.18. The Bertz CT molecular complexity index is 835. The van der Waals surface area contributed by atoms with Crippen LogP contribution >= 0.6 is 11.6 Å². The van der Waals surface area contributed by atoms with Gasteiger partial charge in [0.2, 0.25) is 12.1 Å². The Morgan fingerprint density at radius 1 is 1.00 bits per heavy atom. The molecule has 0 bridgehead atoms. The van der Waals surface area contributed by atoms with E-state index in [9.17, 15) is 20.4 Å². The average Bonchev–Trinajstić information content (AvgIpc) is 2.79. The van der Waals surface area contributed by atoms with Crippen molar-refractivity contribution in [2.24, 2.45) is 0 Å². The Hall–Kier alpha value is -0.890. The minimum absolute atomic E-state index is 0.0243. The molecule has 11 heteroatoms. The first kappa shape index (κ1) is 26.2. The first-order chi connectivity index (χ1) is 16.1. The molecule has 192 valence electrons. The van der Waals surface area contributed by atoms with Gasteiger partial charge in [0.1, 0.15) is 23.9 Å². The van der Waals surface area contributed by atoms with Crippen LogP contribution in [0.2, 0.25) is 5.02 Å². The highest BCUT2D eigenvalue weighted by Gasteiger charge is 2.68. The lowest BCUT2D eigenvalue weighted by Gasteiger charge is -2.60. The standard InChI is InChI=1S/C23H36ClN3O7/c1-12-10-22(30,11-27-9-8-13-4-6-14(24)7-5-13)23(31)21(32-12)33-20-18(29)15(25-2)17(28)16(26-3)19(20)34-23/h4-7,12,15-21,25-31H,8-11H2,1-3H3/t12-,15-,16+,17+,18+,19-,20?,21+,22-,23-/m1/s1. The van der Waals surface area contributed by atoms with Gasteiger partial charge in [-0.2, -0.15) is 0 Å². The van der Waals surface area contributed by atoms with Crippen molar-refractivity contribution in [3.05, 3.63) is 34.9 Å². The third kappa shape index (κ3) is 4.62. The number of nitrogens with one attached hydrogen (secondary N) is 3. The van der Waals surface area contributed by atoms with Crippen LogP contribution in [0.25, 0.3) is 0 Å². The molecule has 7 N–H and O–H groups in total. The number of likely N-dealkylation sites (N-methyl/N-ethyl adjacent to an activating group) is 2. The predicted molar refractivity (Wildman–Crippen MR) is 124 cm³/mol. The summed E-state index contributed by atoms with van der Waals surface area (Å²) >= 11 is 5.94. The fourth-order valence-electron chi connectivity index (χ4n) is 5.41. The third-order valence-electron chi connectivity index (χ3n) is 7.27. The summed E-state index contributed by atoms with van der Waals surface area (Å²) in [5.74, 6) is -2.21. The van der Waals surface area contributed by atoms with Crippen LogP contribution in [-0.2, 0) is 20.6 Å². The molecule has 1 aliphatic carbocycles. The van der Waals surface area contributed by atoms with Gasteiger partial charge >= 0.3 is 0 Å². The van der Waals surface area contributed by atoms with Crippen LogP contribution in [0.3, 0.4) is 0 Å². The van der Waals surface area contributed by atoms with Crippen LogP contribution < -0.4 is 16.0 Å². The zero-order chi connectivity index (χ0) is 24.7. The summed E-state index contributed by atoms with van der Waals surface area (Å²) in [5, 5.41) is 54.7. The predicted octanol–water partition coefficient (Wildman–Crippen LogP) is -1.28. The molecule has 4 rings (SSSR count). The van der Waals surface area contributed by atoms with Crippen LogP contribution in [0.1, 0.15) is 18.9 Å². The molecule has 10 atom stereocenters. The molecule has 0 amide bonds. The zero-order valence-corrected chi connectivity index (χ0v) is 20.4. The van der Waals surface area contributed by atoms with E-state index >= 15 is 0 Å². The Morgan fingerprint density at radius 2 is 1.68 bits per heavy atom. The van der Waals surface area contributed by atoms with Crippen LogP contribution in [-0.4, -0.2) is 108 Å². The minimum Gasteiger partial charge on any atom is -0.390 e. The summed E-state index contributed by atoms with van der Waals surface area (Å²) in [6.07, 6.45) is -4.91. The number of hydrogen-bond donors (Lipinski definition) is 7. The molecule has 2 aliphatic heterocycles. The van der Waals surface area contributed by atoms with Crippen LogP contribution in [0.15, 0.2) is 24.3 Å². The second-order valence-corrected chi connectivity index (χ2v) is 9.99. The van der Waals surface area contributed by atoms with Crippen molar-refractivity contribution in [3.63, 3.8) is 0 Å². The number of aliphatic hydroxyl groups excluding tert-OH is 2. The summed E-state index contributed by atoms with van der Waals surface area (Å²) in [5.41, 5.74) is -0.656. The molecule has 1 saturated carbocycles. The monoisotopic (exact) mass is 501 g/mol. The quantitative estimate of drug-likeness (QED) is 0.226. The van der Waals surface area contributed by atoms with Crippen molar-refractivity contribution in [3.8, 4) is 0 Å². The normalized spacial score (nSPS) is 44.4. The SMILES string of the molecule is CN[C@@H]1[C@H](O)[C@H](NC)[C@H]2O[C@]3(O)[C@H](OC2[C@H]1O)O[C@H](C)C[C@@]3(O)CNCCc1ccc(Cl)cc1. The van der Waals surface area contributed by atoms with Gasteiger partial charge in [-0.05, 0) is 51.7 Å². The maximum atomic E-state index is 11.6. The largest absolute Gasteiger partial charge is 0.390 e. The topological polar surface area (TPSA) is 145 Å². The Morgan fingerprint density at radius 3 is 2.32 bits per heavy atom. The molecule has 1 aromatic rings. The summed E-state index contributed by atoms with van der Waals surface area (Å²) in [4.78, 5) is 0. The highest BCUT2D eigenvalue weighted by Crippen LogP contribution is 2.46. The van der Waals surface area contributed by atoms with Gasteiger partial charge in [-0.1, -0.05) is 23.7 Å². The number of aliphatic hydroxyl groups is 4. The molecule has 2 saturated heterocycles. The Kier molecular flexibility index (Phi) is 7.88. The van der Waals surface area contributed by atoms with Crippen molar-refractivity contribution in [2.75, 3.05) is 27.2 Å². The van der Waals surface area contributed by atoms with Crippen molar-refractivity contribution in [2.45, 2.75) is 80.0 Å². The van der Waals surface area contributed by atoms with Crippen molar-refractivity contribution >= 4 is 11.6 Å². The number of hydrogen-bond acceptors (Lipinski definition) is 10. The molecule has 1 aromatic carbocycles. The summed E-state index contributed by atoms with van der Waals surface area (Å²) in [6.45, 7) is 2.35. The van der Waals surface area contributed by atoms with Gasteiger partial charge in [0.15, 0.2) is 0 Å². The first-order valence-electron chi connectivity index (χ1n) is 11.7. The molecule has 0 spiro atoms. The second kappa shape index (κ2) is 10.2. The summed E-state index contributed by atoms with van der Waals surface area (Å²) < 4.78 is 18.0. The van der Waals surface area contributed by atoms with Crippen LogP contribution in [0.4, 0.5) is 0 Å². The van der Waals surface area contributed by atoms with Gasteiger partial charge in [0.05, 0.1) is 24.3 Å². The van der Waals surface area contributed by atoms with E-state index in [0.717, 1.165) is 5.56 Å². The van der Waals surface area contributed by atoms with Crippen molar-refractivity contribution < 1.29 is 34.6 Å². The zero-order valence-electron chi connectivity index (χ0n) is 19.6. The molecule has 0 radical (unpaired) electrons. The van der Waals surface area contributed by atoms with Gasteiger partial charge in [-0.15, -0.1) is 0 Å². The van der Waals surface area contributed by atoms with E-state index in [1.807, 2.05) is 24.3 Å². The lowest BCUT2D eigenvalue weighted by molar-refractivity contribution is -0.482. The molecule has 2 heterocycles. The molecule has 3 fully saturated rings. The molecule has 10 nitrogen and oxygen atoms in total. The first-order valence-corrected chi connectivity index (χ1v) is 12.1. The van der Waals surface area contributed by atoms with Crippen LogP contribution in [0.5, 0.6) is 0 Å². The Balaban J connectivity index is 1.50. The fourth-order valence-corrected chi connectivity index (χ4v) is 5.53. The minimum atomic E-state index is -2.21. The van der Waals surface area contributed by atoms with E-state index in [0.29, 0.717) is 18.0 Å². The lowest BCUT2D eigenvalue weighted by Crippen LogP contribution is -2.81. The molecular weight excluding hydrogens is 466 g/mol. The van der Waals surface area contributed by atoms with Crippen molar-refractivity contribution in [1.29, 1.82) is 0 Å². The van der Waals surface area contributed by atoms with E-state index in [1.54, 1.807) is 21.0 Å². The maximum absolute atomic E-state index is 11.6. The van der Waals surface area contributed by atoms with Crippen LogP contribution in [0, 0.1) is 0 Å². The van der Waals surface area contributed by atoms with E-state index in [2.05, 4.69) is 16.0 Å². The molecule has 3 aliphatic rings. The van der Waals surface area contributed by atoms with Gasteiger partial charge in [-0.3, -0.25) is 0 Å². The number of benzene rings is 1. The third-order valence-corrected chi connectivity index (χ3v) is 7.52. The van der Waals surface area contributed by atoms with Gasteiger partial charge < -0.3 is 50.6 Å². The van der Waals surface area contributed by atoms with Gasteiger partial charge in [0.25, 0.3) is 0 Å². The van der Waals surface area contributed by atoms with Crippen molar-refractivity contribution in [1.82, 2.24) is 16.0 Å². The highest BCUT2D eigenvalue weighted by molar-refractivity contribution is 6.30. The van der Waals surface area contributed by atoms with E-state index in [-0.39, 0.29) is 13.0 Å². The van der Waals surface area contributed by atoms with E-state index in [4.69, 9.17) is 25.8 Å². The second-order valence-electron chi connectivity index (χ2n) is 9.56. The number of ether oxygens (including phenoxy) is 3. The molecule has 1 unspecified atom stereocenters. The summed E-state index contributed by atoms with van der Waals surface area (Å²) in [7, 11) is 3.29. The molecular formula is C23H36ClN3O7. The van der Waals surface area contributed by atoms with Gasteiger partial charge in [0, 0.05) is 18.0 Å².